The molecule has 0 amide bonds. The third-order valence-corrected chi connectivity index (χ3v) is 4.48. The summed E-state index contributed by atoms with van der Waals surface area (Å²) in [5, 5.41) is 6.98. The van der Waals surface area contributed by atoms with Crippen LogP contribution in [0.25, 0.3) is 11.3 Å². The number of rotatable bonds is 4. The van der Waals surface area contributed by atoms with Crippen molar-refractivity contribution < 1.29 is 0 Å². The van der Waals surface area contributed by atoms with Crippen LogP contribution in [0.1, 0.15) is 25.3 Å². The van der Waals surface area contributed by atoms with Crippen molar-refractivity contribution in [3.8, 4) is 11.3 Å². The predicted octanol–water partition coefficient (Wildman–Crippen LogP) is 6.33. The average Bonchev–Trinajstić information content (AvgIpc) is 2.98. The largest absolute Gasteiger partial charge is 0.332 e. The van der Waals surface area contributed by atoms with E-state index in [1.807, 2.05) is 24.3 Å². The van der Waals surface area contributed by atoms with E-state index in [2.05, 4.69) is 53.8 Å². The van der Waals surface area contributed by atoms with E-state index < -0.39 is 0 Å². The molecule has 0 bridgehead atoms. The second-order valence-corrected chi connectivity index (χ2v) is 6.74. The summed E-state index contributed by atoms with van der Waals surface area (Å²) >= 11 is 7.49. The van der Waals surface area contributed by atoms with Gasteiger partial charge in [-0.1, -0.05) is 49.7 Å². The van der Waals surface area contributed by atoms with Gasteiger partial charge in [-0.05, 0) is 35.7 Å². The molecule has 0 saturated carbocycles. The van der Waals surface area contributed by atoms with Crippen LogP contribution in [0, 0.1) is 0 Å². The first-order valence-electron chi connectivity index (χ1n) is 7.20. The van der Waals surface area contributed by atoms with Gasteiger partial charge in [0, 0.05) is 21.7 Å². The molecule has 4 heteroatoms. The van der Waals surface area contributed by atoms with Crippen molar-refractivity contribution in [1.29, 1.82) is 0 Å². The Balaban J connectivity index is 1.77. The van der Waals surface area contributed by atoms with Gasteiger partial charge in [0.1, 0.15) is 0 Å². The normalized spacial score (nSPS) is 10.9. The highest BCUT2D eigenvalue weighted by Crippen LogP contribution is 2.28. The summed E-state index contributed by atoms with van der Waals surface area (Å²) in [6.07, 6.45) is 0. The molecular formula is C18H17ClN2S. The fraction of sp³-hybridized carbons (Fsp3) is 0.167. The zero-order valence-corrected chi connectivity index (χ0v) is 14.1. The highest BCUT2D eigenvalue weighted by atomic mass is 35.5. The molecule has 1 aromatic heterocycles. The van der Waals surface area contributed by atoms with Crippen molar-refractivity contribution in [2.75, 3.05) is 5.32 Å². The van der Waals surface area contributed by atoms with Crippen LogP contribution < -0.4 is 5.32 Å². The molecule has 0 aliphatic rings. The maximum atomic E-state index is 5.89. The molecule has 2 aromatic carbocycles. The van der Waals surface area contributed by atoms with Gasteiger partial charge in [-0.3, -0.25) is 0 Å². The summed E-state index contributed by atoms with van der Waals surface area (Å²) in [6.45, 7) is 4.40. The number of halogens is 1. The minimum absolute atomic E-state index is 0.548. The van der Waals surface area contributed by atoms with E-state index in [1.165, 1.54) is 5.56 Å². The van der Waals surface area contributed by atoms with Gasteiger partial charge in [0.25, 0.3) is 0 Å². The Bertz CT molecular complexity index is 746. The third-order valence-electron chi connectivity index (χ3n) is 3.47. The van der Waals surface area contributed by atoms with Gasteiger partial charge in [0.05, 0.1) is 5.69 Å². The summed E-state index contributed by atoms with van der Waals surface area (Å²) < 4.78 is 0. The van der Waals surface area contributed by atoms with Crippen LogP contribution in [-0.2, 0) is 0 Å². The van der Waals surface area contributed by atoms with Crippen molar-refractivity contribution in [1.82, 2.24) is 4.98 Å². The maximum Gasteiger partial charge on any atom is 0.187 e. The number of benzene rings is 2. The molecule has 3 aromatic rings. The molecule has 0 unspecified atom stereocenters. The topological polar surface area (TPSA) is 24.9 Å². The quantitative estimate of drug-likeness (QED) is 0.605. The lowest BCUT2D eigenvalue weighted by Crippen LogP contribution is -1.89. The number of aromatic nitrogens is 1. The fourth-order valence-corrected chi connectivity index (χ4v) is 3.03. The molecule has 0 aliphatic heterocycles. The molecule has 1 heterocycles. The molecular weight excluding hydrogens is 312 g/mol. The molecule has 0 radical (unpaired) electrons. The van der Waals surface area contributed by atoms with E-state index in [0.717, 1.165) is 27.1 Å². The van der Waals surface area contributed by atoms with Crippen LogP contribution in [0.5, 0.6) is 0 Å². The highest BCUT2D eigenvalue weighted by Gasteiger charge is 2.06. The van der Waals surface area contributed by atoms with Crippen molar-refractivity contribution in [3.05, 3.63) is 64.5 Å². The summed E-state index contributed by atoms with van der Waals surface area (Å²) in [5.41, 5.74) is 4.47. The molecule has 0 aliphatic carbocycles. The molecule has 0 atom stereocenters. The van der Waals surface area contributed by atoms with E-state index in [-0.39, 0.29) is 0 Å². The van der Waals surface area contributed by atoms with E-state index in [9.17, 15) is 0 Å². The van der Waals surface area contributed by atoms with E-state index in [1.54, 1.807) is 11.3 Å². The smallest absolute Gasteiger partial charge is 0.187 e. The first kappa shape index (κ1) is 15.1. The summed E-state index contributed by atoms with van der Waals surface area (Å²) in [6, 6.07) is 16.2. The molecule has 0 saturated heterocycles. The Hall–Kier alpha value is -1.84. The Labute approximate surface area is 139 Å². The number of anilines is 2. The molecule has 3 rings (SSSR count). The SMILES string of the molecule is CC(C)c1ccc(-c2csc(Nc3ccc(Cl)cc3)n2)cc1. The molecule has 112 valence electrons. The third kappa shape index (κ3) is 3.49. The maximum absolute atomic E-state index is 5.89. The lowest BCUT2D eigenvalue weighted by molar-refractivity contribution is 0.867. The fourth-order valence-electron chi connectivity index (χ4n) is 2.16. The molecule has 0 spiro atoms. The summed E-state index contributed by atoms with van der Waals surface area (Å²) in [4.78, 5) is 4.65. The van der Waals surface area contributed by atoms with Gasteiger partial charge in [-0.2, -0.15) is 0 Å². The molecule has 22 heavy (non-hydrogen) atoms. The zero-order chi connectivity index (χ0) is 15.5. The highest BCUT2D eigenvalue weighted by molar-refractivity contribution is 7.14. The number of nitrogens with one attached hydrogen (secondary N) is 1. The van der Waals surface area contributed by atoms with Crippen molar-refractivity contribution in [3.63, 3.8) is 0 Å². The van der Waals surface area contributed by atoms with Crippen molar-refractivity contribution in [2.45, 2.75) is 19.8 Å². The van der Waals surface area contributed by atoms with E-state index >= 15 is 0 Å². The van der Waals surface area contributed by atoms with Crippen molar-refractivity contribution in [2.24, 2.45) is 0 Å². The Morgan fingerprint density at radius 3 is 2.32 bits per heavy atom. The van der Waals surface area contributed by atoms with Crippen LogP contribution in [0.3, 0.4) is 0 Å². The zero-order valence-electron chi connectivity index (χ0n) is 12.5. The number of hydrogen-bond donors (Lipinski definition) is 1. The van der Waals surface area contributed by atoms with Crippen LogP contribution >= 0.6 is 22.9 Å². The predicted molar refractivity (Wildman–Crippen MR) is 96.4 cm³/mol. The standard InChI is InChI=1S/C18H17ClN2S/c1-12(2)13-3-5-14(6-4-13)17-11-22-18(21-17)20-16-9-7-15(19)8-10-16/h3-12H,1-2H3,(H,20,21). The number of hydrogen-bond acceptors (Lipinski definition) is 3. The monoisotopic (exact) mass is 328 g/mol. The first-order chi connectivity index (χ1) is 10.6. The Morgan fingerprint density at radius 1 is 1.00 bits per heavy atom. The molecule has 1 N–H and O–H groups in total. The lowest BCUT2D eigenvalue weighted by Gasteiger charge is -2.05. The van der Waals surface area contributed by atoms with Gasteiger partial charge >= 0.3 is 0 Å². The van der Waals surface area contributed by atoms with Gasteiger partial charge in [-0.25, -0.2) is 4.98 Å². The van der Waals surface area contributed by atoms with Crippen LogP contribution in [0.15, 0.2) is 53.9 Å². The van der Waals surface area contributed by atoms with Crippen LogP contribution in [0.2, 0.25) is 5.02 Å². The van der Waals surface area contributed by atoms with Gasteiger partial charge in [0.15, 0.2) is 5.13 Å². The van der Waals surface area contributed by atoms with Gasteiger partial charge in [-0.15, -0.1) is 11.3 Å². The Morgan fingerprint density at radius 2 is 1.68 bits per heavy atom. The summed E-state index contributed by atoms with van der Waals surface area (Å²) in [7, 11) is 0. The number of thiazole rings is 1. The second-order valence-electron chi connectivity index (χ2n) is 5.45. The number of nitrogens with zero attached hydrogens (tertiary/aromatic N) is 1. The lowest BCUT2D eigenvalue weighted by atomic mass is 10.0. The minimum atomic E-state index is 0.548. The first-order valence-corrected chi connectivity index (χ1v) is 8.46. The average molecular weight is 329 g/mol. The van der Waals surface area contributed by atoms with E-state index in [0.29, 0.717) is 5.92 Å². The van der Waals surface area contributed by atoms with Crippen molar-refractivity contribution >= 4 is 33.8 Å². The molecule has 2 nitrogen and oxygen atoms in total. The van der Waals surface area contributed by atoms with Crippen LogP contribution in [0.4, 0.5) is 10.8 Å². The van der Waals surface area contributed by atoms with E-state index in [4.69, 9.17) is 11.6 Å². The molecule has 0 fully saturated rings. The second kappa shape index (κ2) is 6.51. The van der Waals surface area contributed by atoms with Gasteiger partial charge < -0.3 is 5.32 Å². The van der Waals surface area contributed by atoms with Crippen LogP contribution in [-0.4, -0.2) is 4.98 Å². The Kier molecular flexibility index (Phi) is 4.46. The van der Waals surface area contributed by atoms with Gasteiger partial charge in [0.2, 0.25) is 0 Å². The minimum Gasteiger partial charge on any atom is -0.332 e. The summed E-state index contributed by atoms with van der Waals surface area (Å²) in [5.74, 6) is 0.548.